The number of benzene rings is 1. The number of rotatable bonds is 6. The largest absolute Gasteiger partial charge is 0.423 e. The average Bonchev–Trinajstić information content (AvgIpc) is 2.86. The molecule has 2 aromatic heterocycles. The average molecular weight is 361 g/mol. The molecule has 0 bridgehead atoms. The number of hydrogen-bond acceptors (Lipinski definition) is 3. The summed E-state index contributed by atoms with van der Waals surface area (Å²) < 4.78 is 7.34. The van der Waals surface area contributed by atoms with Crippen molar-refractivity contribution in [1.29, 1.82) is 0 Å². The smallest absolute Gasteiger partial charge is 0.336 e. The van der Waals surface area contributed by atoms with Gasteiger partial charge in [-0.25, -0.2) is 4.79 Å². The molecule has 0 atom stereocenters. The van der Waals surface area contributed by atoms with Crippen LogP contribution in [0.4, 0.5) is 0 Å². The van der Waals surface area contributed by atoms with Gasteiger partial charge >= 0.3 is 5.63 Å². The number of aryl methyl sites for hydroxylation is 4. The number of nitrogens with zero attached hydrogens (tertiary/aromatic N) is 2. The topological polar surface area (TPSA) is 64.6 Å². The maximum Gasteiger partial charge on any atom is 0.336 e. The van der Waals surface area contributed by atoms with Gasteiger partial charge in [0.15, 0.2) is 0 Å². The molecule has 2 N–H and O–H groups in total. The van der Waals surface area contributed by atoms with Crippen LogP contribution in [0.25, 0.3) is 11.0 Å². The highest BCUT2D eigenvalue weighted by Crippen LogP contribution is 2.24. The summed E-state index contributed by atoms with van der Waals surface area (Å²) in [5.74, 6) is 0. The summed E-state index contributed by atoms with van der Waals surface area (Å²) in [6.45, 7) is 8.57. The lowest BCUT2D eigenvalue weighted by molar-refractivity contribution is -0.670. The number of quaternary nitrogens is 1. The number of hydrogen-bond donors (Lipinski definition) is 1. The predicted octanol–water partition coefficient (Wildman–Crippen LogP) is 2.72. The molecule has 0 aliphatic heterocycles. The molecule has 0 saturated heterocycles. The van der Waals surface area contributed by atoms with Crippen molar-refractivity contribution < 1.29 is 9.73 Å². The fourth-order valence-corrected chi connectivity index (χ4v) is 3.23. The summed E-state index contributed by atoms with van der Waals surface area (Å²) in [4.78, 5) is 11.8. The summed E-state index contributed by atoms with van der Waals surface area (Å²) >= 11 is 6.23. The monoisotopic (exact) mass is 360 g/mol. The molecule has 0 radical (unpaired) electrons. The molecule has 1 aromatic carbocycles. The second-order valence-electron chi connectivity index (χ2n) is 6.47. The Kier molecular flexibility index (Phi) is 5.25. The predicted molar refractivity (Wildman–Crippen MR) is 99.0 cm³/mol. The van der Waals surface area contributed by atoms with Crippen molar-refractivity contribution in [3.05, 3.63) is 62.2 Å². The van der Waals surface area contributed by atoms with Gasteiger partial charge in [0.05, 0.1) is 12.2 Å². The van der Waals surface area contributed by atoms with E-state index in [0.29, 0.717) is 10.6 Å². The molecule has 5 nitrogen and oxygen atoms in total. The Hall–Kier alpha value is -2.11. The summed E-state index contributed by atoms with van der Waals surface area (Å²) in [6, 6.07) is 7.36. The first-order valence-corrected chi connectivity index (χ1v) is 8.87. The van der Waals surface area contributed by atoms with Gasteiger partial charge in [0.2, 0.25) is 0 Å². The Morgan fingerprint density at radius 3 is 2.72 bits per heavy atom. The molecule has 0 fully saturated rings. The highest BCUT2D eigenvalue weighted by Gasteiger charge is 2.10. The van der Waals surface area contributed by atoms with Crippen LogP contribution in [0, 0.1) is 20.8 Å². The van der Waals surface area contributed by atoms with E-state index < -0.39 is 0 Å². The minimum Gasteiger partial charge on any atom is -0.423 e. The first-order valence-electron chi connectivity index (χ1n) is 8.49. The first kappa shape index (κ1) is 17.7. The lowest BCUT2D eigenvalue weighted by Gasteiger charge is -2.07. The second kappa shape index (κ2) is 7.42. The number of fused-ring (bicyclic) bond motifs is 1. The summed E-state index contributed by atoms with van der Waals surface area (Å²) in [7, 11) is 0. The molecule has 25 heavy (non-hydrogen) atoms. The Morgan fingerprint density at radius 1 is 1.20 bits per heavy atom. The molecule has 0 saturated carbocycles. The molecule has 3 rings (SSSR count). The van der Waals surface area contributed by atoms with E-state index in [4.69, 9.17) is 16.0 Å². The van der Waals surface area contributed by atoms with Crippen molar-refractivity contribution in [2.45, 2.75) is 40.3 Å². The van der Waals surface area contributed by atoms with Crippen molar-refractivity contribution >= 4 is 22.6 Å². The molecule has 0 spiro atoms. The lowest BCUT2D eigenvalue weighted by Crippen LogP contribution is -2.82. The van der Waals surface area contributed by atoms with E-state index in [9.17, 15) is 4.79 Å². The van der Waals surface area contributed by atoms with Crippen LogP contribution in [0.15, 0.2) is 33.5 Å². The minimum absolute atomic E-state index is 0.319. The van der Waals surface area contributed by atoms with Crippen LogP contribution in [0.5, 0.6) is 0 Å². The molecule has 0 amide bonds. The van der Waals surface area contributed by atoms with Gasteiger partial charge in [0.25, 0.3) is 0 Å². The molecule has 0 unspecified atom stereocenters. The fourth-order valence-electron chi connectivity index (χ4n) is 3.06. The lowest BCUT2D eigenvalue weighted by atomic mass is 10.1. The summed E-state index contributed by atoms with van der Waals surface area (Å²) in [5.41, 5.74) is 4.38. The fraction of sp³-hybridized carbons (Fsp3) is 0.368. The van der Waals surface area contributed by atoms with E-state index in [1.54, 1.807) is 6.07 Å². The van der Waals surface area contributed by atoms with E-state index in [0.717, 1.165) is 48.3 Å². The minimum atomic E-state index is -0.319. The molecule has 132 valence electrons. The van der Waals surface area contributed by atoms with E-state index in [1.807, 2.05) is 30.7 Å². The Morgan fingerprint density at radius 2 is 2.00 bits per heavy atom. The zero-order valence-corrected chi connectivity index (χ0v) is 15.6. The zero-order chi connectivity index (χ0) is 18.0. The normalized spacial score (nSPS) is 11.4. The van der Waals surface area contributed by atoms with E-state index in [-0.39, 0.29) is 5.63 Å². The van der Waals surface area contributed by atoms with Crippen molar-refractivity contribution in [3.8, 4) is 0 Å². The summed E-state index contributed by atoms with van der Waals surface area (Å²) in [5, 5.41) is 8.27. The molecular formula is C19H23ClN3O2+. The van der Waals surface area contributed by atoms with E-state index in [1.165, 1.54) is 5.69 Å². The van der Waals surface area contributed by atoms with Crippen LogP contribution in [0.1, 0.15) is 28.9 Å². The third kappa shape index (κ3) is 4.11. The van der Waals surface area contributed by atoms with Gasteiger partial charge in [0.1, 0.15) is 12.1 Å². The Balaban J connectivity index is 1.64. The van der Waals surface area contributed by atoms with Crippen LogP contribution in [0.3, 0.4) is 0 Å². The molecule has 0 aliphatic rings. The van der Waals surface area contributed by atoms with Crippen molar-refractivity contribution in [3.63, 3.8) is 0 Å². The molecule has 2 heterocycles. The van der Waals surface area contributed by atoms with Gasteiger partial charge in [-0.3, -0.25) is 4.68 Å². The number of nitrogens with two attached hydrogens (primary N) is 1. The van der Waals surface area contributed by atoms with Gasteiger partial charge in [-0.15, -0.1) is 0 Å². The van der Waals surface area contributed by atoms with Crippen LogP contribution < -0.4 is 10.9 Å². The maximum atomic E-state index is 11.8. The Bertz CT molecular complexity index is 959. The molecular weight excluding hydrogens is 338 g/mol. The van der Waals surface area contributed by atoms with Gasteiger partial charge in [-0.2, -0.15) is 5.10 Å². The second-order valence-corrected chi connectivity index (χ2v) is 6.88. The SMILES string of the molecule is Cc1cc(C)n(CCC[NH2+]Cc2cc(=O)oc3cc(C)c(Cl)cc23)n1. The summed E-state index contributed by atoms with van der Waals surface area (Å²) in [6.07, 6.45) is 1.02. The molecule has 0 aliphatic carbocycles. The van der Waals surface area contributed by atoms with Gasteiger partial charge in [-0.05, 0) is 44.5 Å². The van der Waals surface area contributed by atoms with Gasteiger partial charge < -0.3 is 9.73 Å². The third-order valence-electron chi connectivity index (χ3n) is 4.36. The third-order valence-corrected chi connectivity index (χ3v) is 4.76. The van der Waals surface area contributed by atoms with Crippen molar-refractivity contribution in [1.82, 2.24) is 9.78 Å². The van der Waals surface area contributed by atoms with Crippen molar-refractivity contribution in [2.24, 2.45) is 0 Å². The quantitative estimate of drug-likeness (QED) is 0.543. The van der Waals surface area contributed by atoms with Crippen LogP contribution in [-0.2, 0) is 13.1 Å². The maximum absolute atomic E-state index is 11.8. The highest BCUT2D eigenvalue weighted by molar-refractivity contribution is 6.32. The van der Waals surface area contributed by atoms with E-state index >= 15 is 0 Å². The van der Waals surface area contributed by atoms with Crippen LogP contribution in [0.2, 0.25) is 5.02 Å². The van der Waals surface area contributed by atoms with Crippen molar-refractivity contribution in [2.75, 3.05) is 6.54 Å². The van der Waals surface area contributed by atoms with E-state index in [2.05, 4.69) is 23.4 Å². The highest BCUT2D eigenvalue weighted by atomic mass is 35.5. The number of halogens is 1. The standard InChI is InChI=1S/C19H22ClN3O2/c1-12-7-18-16(10-17(12)20)15(9-19(24)25-18)11-21-5-4-6-23-14(3)8-13(2)22-23/h7-10,21H,4-6,11H2,1-3H3/p+1. The molecule has 3 aromatic rings. The zero-order valence-electron chi connectivity index (χ0n) is 14.8. The van der Waals surface area contributed by atoms with Crippen LogP contribution >= 0.6 is 11.6 Å². The van der Waals surface area contributed by atoms with Gasteiger partial charge in [-0.1, -0.05) is 11.6 Å². The van der Waals surface area contributed by atoms with Crippen LogP contribution in [-0.4, -0.2) is 16.3 Å². The molecule has 6 heteroatoms. The Labute approximate surface area is 151 Å². The van der Waals surface area contributed by atoms with Gasteiger partial charge in [0, 0.05) is 40.7 Å². The number of aromatic nitrogens is 2. The first-order chi connectivity index (χ1) is 11.9.